The molecule has 0 spiro atoms. The van der Waals surface area contributed by atoms with Crippen LogP contribution in [-0.4, -0.2) is 29.6 Å². The SMILES string of the molecule is COc1cc(-c2nc3ccccc3c(=O)[nH]2)cc(I)c1OCC(N)=O. The highest BCUT2D eigenvalue weighted by atomic mass is 127. The van der Waals surface area contributed by atoms with Gasteiger partial charge in [-0.25, -0.2) is 4.98 Å². The maximum atomic E-state index is 12.3. The molecule has 0 unspecified atom stereocenters. The summed E-state index contributed by atoms with van der Waals surface area (Å²) in [5, 5.41) is 0.523. The quantitative estimate of drug-likeness (QED) is 0.578. The van der Waals surface area contributed by atoms with Gasteiger partial charge in [0.2, 0.25) is 0 Å². The van der Waals surface area contributed by atoms with Crippen LogP contribution in [0.2, 0.25) is 0 Å². The van der Waals surface area contributed by atoms with Crippen molar-refractivity contribution in [2.45, 2.75) is 0 Å². The van der Waals surface area contributed by atoms with E-state index in [9.17, 15) is 9.59 Å². The summed E-state index contributed by atoms with van der Waals surface area (Å²) in [6.07, 6.45) is 0. The molecule has 0 aliphatic heterocycles. The van der Waals surface area contributed by atoms with E-state index in [1.165, 1.54) is 7.11 Å². The summed E-state index contributed by atoms with van der Waals surface area (Å²) in [5.41, 5.74) is 6.16. The minimum atomic E-state index is -0.581. The van der Waals surface area contributed by atoms with E-state index in [-0.39, 0.29) is 12.2 Å². The molecule has 2 aromatic carbocycles. The first kappa shape index (κ1) is 17.2. The number of halogens is 1. The van der Waals surface area contributed by atoms with E-state index in [4.69, 9.17) is 15.2 Å². The Bertz CT molecular complexity index is 1020. The van der Waals surface area contributed by atoms with Gasteiger partial charge in [-0.05, 0) is 46.9 Å². The average molecular weight is 451 g/mol. The van der Waals surface area contributed by atoms with Gasteiger partial charge in [0.25, 0.3) is 11.5 Å². The molecule has 0 atom stereocenters. The first-order valence-electron chi connectivity index (χ1n) is 7.27. The number of nitrogens with two attached hydrogens (primary N) is 1. The van der Waals surface area contributed by atoms with Crippen molar-refractivity contribution in [3.05, 3.63) is 50.3 Å². The number of nitrogens with zero attached hydrogens (tertiary/aromatic N) is 1. The van der Waals surface area contributed by atoms with Gasteiger partial charge in [-0.15, -0.1) is 0 Å². The Kier molecular flexibility index (Phi) is 4.88. The van der Waals surface area contributed by atoms with Gasteiger partial charge >= 0.3 is 0 Å². The number of primary amides is 1. The molecule has 0 aliphatic rings. The lowest BCUT2D eigenvalue weighted by molar-refractivity contribution is -0.119. The van der Waals surface area contributed by atoms with Crippen LogP contribution in [0.1, 0.15) is 0 Å². The Morgan fingerprint density at radius 1 is 1.32 bits per heavy atom. The van der Waals surface area contributed by atoms with Crippen molar-refractivity contribution in [1.82, 2.24) is 9.97 Å². The summed E-state index contributed by atoms with van der Waals surface area (Å²) in [4.78, 5) is 30.5. The molecule has 1 aromatic heterocycles. The highest BCUT2D eigenvalue weighted by molar-refractivity contribution is 14.1. The molecule has 0 saturated heterocycles. The van der Waals surface area contributed by atoms with Gasteiger partial charge in [0.1, 0.15) is 5.82 Å². The fourth-order valence-corrected chi connectivity index (χ4v) is 3.12. The fraction of sp³-hybridized carbons (Fsp3) is 0.118. The number of hydrogen-bond acceptors (Lipinski definition) is 5. The molecular weight excluding hydrogens is 437 g/mol. The number of hydrogen-bond donors (Lipinski definition) is 2. The zero-order valence-electron chi connectivity index (χ0n) is 13.2. The number of methoxy groups -OCH3 is 1. The van der Waals surface area contributed by atoms with Crippen LogP contribution in [0.3, 0.4) is 0 Å². The first-order chi connectivity index (χ1) is 12.0. The van der Waals surface area contributed by atoms with E-state index in [1.54, 1.807) is 30.3 Å². The van der Waals surface area contributed by atoms with Crippen molar-refractivity contribution < 1.29 is 14.3 Å². The molecule has 0 fully saturated rings. The summed E-state index contributed by atoms with van der Waals surface area (Å²) in [5.74, 6) is 0.663. The maximum absolute atomic E-state index is 12.3. The number of benzene rings is 2. The molecule has 128 valence electrons. The number of amides is 1. The molecule has 25 heavy (non-hydrogen) atoms. The summed E-state index contributed by atoms with van der Waals surface area (Å²) in [6.45, 7) is -0.253. The highest BCUT2D eigenvalue weighted by Crippen LogP contribution is 2.36. The number of aromatic nitrogens is 2. The smallest absolute Gasteiger partial charge is 0.259 e. The lowest BCUT2D eigenvalue weighted by atomic mass is 10.1. The van der Waals surface area contributed by atoms with Crippen LogP contribution in [0.5, 0.6) is 11.5 Å². The van der Waals surface area contributed by atoms with Crippen molar-refractivity contribution in [3.63, 3.8) is 0 Å². The molecule has 3 rings (SSSR count). The predicted molar refractivity (Wildman–Crippen MR) is 102 cm³/mol. The third-order valence-corrected chi connectivity index (χ3v) is 4.28. The molecule has 3 aromatic rings. The lowest BCUT2D eigenvalue weighted by Crippen LogP contribution is -2.20. The van der Waals surface area contributed by atoms with Gasteiger partial charge in [-0.1, -0.05) is 12.1 Å². The van der Waals surface area contributed by atoms with Crippen LogP contribution in [-0.2, 0) is 4.79 Å². The minimum absolute atomic E-state index is 0.219. The largest absolute Gasteiger partial charge is 0.493 e. The summed E-state index contributed by atoms with van der Waals surface area (Å²) in [6, 6.07) is 10.6. The topological polar surface area (TPSA) is 107 Å². The molecule has 7 nitrogen and oxygen atoms in total. The fourth-order valence-electron chi connectivity index (χ4n) is 2.36. The number of nitrogens with one attached hydrogen (secondary N) is 1. The van der Waals surface area contributed by atoms with Crippen molar-refractivity contribution in [2.24, 2.45) is 5.73 Å². The number of carbonyl (C=O) groups is 1. The Morgan fingerprint density at radius 2 is 2.08 bits per heavy atom. The molecule has 0 radical (unpaired) electrons. The number of H-pyrrole nitrogens is 1. The van der Waals surface area contributed by atoms with E-state index in [1.807, 2.05) is 6.07 Å². The number of carbonyl (C=O) groups excluding carboxylic acids is 1. The Hall–Kier alpha value is -2.62. The molecule has 8 heteroatoms. The van der Waals surface area contributed by atoms with Crippen LogP contribution < -0.4 is 20.8 Å². The predicted octanol–water partition coefficient (Wildman–Crippen LogP) is 2.07. The number of fused-ring (bicyclic) bond motifs is 1. The van der Waals surface area contributed by atoms with E-state index < -0.39 is 5.91 Å². The van der Waals surface area contributed by atoms with Crippen molar-refractivity contribution >= 4 is 39.4 Å². The van der Waals surface area contributed by atoms with Gasteiger partial charge in [-0.2, -0.15) is 0 Å². The first-order valence-corrected chi connectivity index (χ1v) is 8.35. The Labute approximate surface area is 156 Å². The second kappa shape index (κ2) is 7.09. The minimum Gasteiger partial charge on any atom is -0.493 e. The lowest BCUT2D eigenvalue weighted by Gasteiger charge is -2.13. The number of ether oxygens (including phenoxy) is 2. The van der Waals surface area contributed by atoms with Gasteiger partial charge in [-0.3, -0.25) is 9.59 Å². The average Bonchev–Trinajstić information content (AvgIpc) is 2.59. The van der Waals surface area contributed by atoms with Crippen molar-refractivity contribution in [3.8, 4) is 22.9 Å². The molecule has 1 amide bonds. The molecule has 0 bridgehead atoms. The third-order valence-electron chi connectivity index (χ3n) is 3.47. The van der Waals surface area contributed by atoms with E-state index in [0.29, 0.717) is 37.4 Å². The highest BCUT2D eigenvalue weighted by Gasteiger charge is 2.15. The number of rotatable bonds is 5. The van der Waals surface area contributed by atoms with Gasteiger partial charge in [0.05, 0.1) is 21.6 Å². The van der Waals surface area contributed by atoms with Crippen molar-refractivity contribution in [1.29, 1.82) is 0 Å². The van der Waals surface area contributed by atoms with E-state index in [2.05, 4.69) is 32.6 Å². The molecule has 0 saturated carbocycles. The number of para-hydroxylation sites is 1. The third kappa shape index (κ3) is 3.58. The van der Waals surface area contributed by atoms with Crippen LogP contribution in [0.25, 0.3) is 22.3 Å². The van der Waals surface area contributed by atoms with Gasteiger partial charge in [0, 0.05) is 5.56 Å². The summed E-state index contributed by atoms with van der Waals surface area (Å²) in [7, 11) is 1.49. The van der Waals surface area contributed by atoms with Gasteiger partial charge < -0.3 is 20.2 Å². The van der Waals surface area contributed by atoms with Crippen LogP contribution >= 0.6 is 22.6 Å². The molecule has 0 aliphatic carbocycles. The zero-order chi connectivity index (χ0) is 18.0. The van der Waals surface area contributed by atoms with E-state index in [0.717, 1.165) is 0 Å². The monoisotopic (exact) mass is 451 g/mol. The van der Waals surface area contributed by atoms with E-state index >= 15 is 0 Å². The van der Waals surface area contributed by atoms with Crippen LogP contribution in [0.4, 0.5) is 0 Å². The van der Waals surface area contributed by atoms with Crippen LogP contribution in [0.15, 0.2) is 41.2 Å². The normalized spacial score (nSPS) is 10.6. The number of aromatic amines is 1. The Morgan fingerprint density at radius 3 is 2.80 bits per heavy atom. The summed E-state index contributed by atoms with van der Waals surface area (Å²) < 4.78 is 11.4. The van der Waals surface area contributed by atoms with Crippen molar-refractivity contribution in [2.75, 3.05) is 13.7 Å². The second-order valence-corrected chi connectivity index (χ2v) is 6.34. The molecule has 3 N–H and O–H groups in total. The zero-order valence-corrected chi connectivity index (χ0v) is 15.4. The molecule has 1 heterocycles. The molecular formula is C17H14IN3O4. The van der Waals surface area contributed by atoms with Crippen LogP contribution in [0, 0.1) is 3.57 Å². The Balaban J connectivity index is 2.10. The van der Waals surface area contributed by atoms with Gasteiger partial charge in [0.15, 0.2) is 18.1 Å². The standard InChI is InChI=1S/C17H14IN3O4/c1-24-13-7-9(6-11(18)15(13)25-8-14(19)22)16-20-12-5-3-2-4-10(12)17(23)21-16/h2-7H,8H2,1H3,(H2,19,22)(H,20,21,23). The maximum Gasteiger partial charge on any atom is 0.259 e. The second-order valence-electron chi connectivity index (χ2n) is 5.18. The summed E-state index contributed by atoms with van der Waals surface area (Å²) >= 11 is 2.06.